The second-order valence-corrected chi connectivity index (χ2v) is 5.25. The molecule has 0 amide bonds. The fourth-order valence-corrected chi connectivity index (χ4v) is 1.81. The van der Waals surface area contributed by atoms with Crippen LogP contribution < -0.4 is 5.73 Å². The third-order valence-corrected chi connectivity index (χ3v) is 3.15. The number of ether oxygens (including phenoxy) is 1. The normalized spacial score (nSPS) is 13.1. The maximum atomic E-state index is 12.2. The van der Waals surface area contributed by atoms with Crippen LogP contribution in [0.1, 0.15) is 46.1 Å². The molecule has 0 aliphatic heterocycles. The molecule has 1 rings (SSSR count). The van der Waals surface area contributed by atoms with E-state index in [1.807, 2.05) is 32.9 Å². The Morgan fingerprint density at radius 2 is 1.89 bits per heavy atom. The van der Waals surface area contributed by atoms with Gasteiger partial charge in [-0.15, -0.1) is 0 Å². The number of rotatable bonds is 5. The lowest BCUT2D eigenvalue weighted by Crippen LogP contribution is -2.33. The molecule has 0 aliphatic carbocycles. The van der Waals surface area contributed by atoms with Crippen LogP contribution in [0.3, 0.4) is 0 Å². The molecular formula is C15H23NO2. The average molecular weight is 249 g/mol. The molecule has 1 aromatic carbocycles. The van der Waals surface area contributed by atoms with Gasteiger partial charge in [0.15, 0.2) is 0 Å². The molecule has 0 fully saturated rings. The maximum Gasteiger partial charge on any atom is 0.316 e. The van der Waals surface area contributed by atoms with Crippen LogP contribution in [0.4, 0.5) is 5.69 Å². The number of carbonyl (C=O) groups excluding carboxylic acids is 1. The van der Waals surface area contributed by atoms with Crippen molar-refractivity contribution in [2.24, 2.45) is 0 Å². The molecule has 2 N–H and O–H groups in total. The Labute approximate surface area is 109 Å². The molecule has 0 aromatic heterocycles. The number of hydrogen-bond acceptors (Lipinski definition) is 3. The summed E-state index contributed by atoms with van der Waals surface area (Å²) in [5.41, 5.74) is 6.63. The number of hydrogen-bond donors (Lipinski definition) is 1. The number of carbonyl (C=O) groups is 1. The van der Waals surface area contributed by atoms with Crippen molar-refractivity contribution in [2.75, 3.05) is 5.73 Å². The van der Waals surface area contributed by atoms with Crippen molar-refractivity contribution >= 4 is 11.7 Å². The van der Waals surface area contributed by atoms with Crippen LogP contribution in [0.15, 0.2) is 24.3 Å². The fraction of sp³-hybridized carbons (Fsp3) is 0.533. The number of nitrogens with two attached hydrogens (primary N) is 1. The number of anilines is 1. The lowest BCUT2D eigenvalue weighted by Gasteiger charge is -2.25. The lowest BCUT2D eigenvalue weighted by molar-refractivity contribution is -0.154. The van der Waals surface area contributed by atoms with E-state index in [4.69, 9.17) is 10.5 Å². The second-order valence-electron chi connectivity index (χ2n) is 5.25. The van der Waals surface area contributed by atoms with Gasteiger partial charge >= 0.3 is 5.97 Å². The van der Waals surface area contributed by atoms with Gasteiger partial charge in [-0.1, -0.05) is 25.5 Å². The fourth-order valence-electron chi connectivity index (χ4n) is 1.81. The van der Waals surface area contributed by atoms with Gasteiger partial charge < -0.3 is 10.5 Å². The highest BCUT2D eigenvalue weighted by Gasteiger charge is 2.32. The molecule has 0 bridgehead atoms. The smallest absolute Gasteiger partial charge is 0.316 e. The summed E-state index contributed by atoms with van der Waals surface area (Å²) < 4.78 is 5.47. The summed E-state index contributed by atoms with van der Waals surface area (Å²) in [6.07, 6.45) is 1.87. The van der Waals surface area contributed by atoms with Gasteiger partial charge in [-0.25, -0.2) is 0 Å². The van der Waals surface area contributed by atoms with Gasteiger partial charge in [-0.2, -0.15) is 0 Å². The summed E-state index contributed by atoms with van der Waals surface area (Å²) in [7, 11) is 0. The van der Waals surface area contributed by atoms with Crippen LogP contribution in [0.5, 0.6) is 0 Å². The van der Waals surface area contributed by atoms with E-state index in [9.17, 15) is 4.79 Å². The highest BCUT2D eigenvalue weighted by atomic mass is 16.5. The number of esters is 1. The molecule has 18 heavy (non-hydrogen) atoms. The maximum absolute atomic E-state index is 12.2. The second kappa shape index (κ2) is 5.89. The monoisotopic (exact) mass is 249 g/mol. The molecule has 1 unspecified atom stereocenters. The van der Waals surface area contributed by atoms with E-state index < -0.39 is 5.41 Å². The van der Waals surface area contributed by atoms with Crippen molar-refractivity contribution in [3.8, 4) is 0 Å². The zero-order valence-electron chi connectivity index (χ0n) is 11.7. The van der Waals surface area contributed by atoms with E-state index in [-0.39, 0.29) is 12.1 Å². The first-order valence-electron chi connectivity index (χ1n) is 6.45. The van der Waals surface area contributed by atoms with E-state index in [2.05, 4.69) is 6.92 Å². The minimum absolute atomic E-state index is 0.0319. The van der Waals surface area contributed by atoms with Gasteiger partial charge in [-0.05, 0) is 44.9 Å². The Bertz CT molecular complexity index is 395. The van der Waals surface area contributed by atoms with E-state index >= 15 is 0 Å². The van der Waals surface area contributed by atoms with Crippen LogP contribution in [-0.2, 0) is 14.9 Å². The van der Waals surface area contributed by atoms with Crippen LogP contribution in [0.2, 0.25) is 0 Å². The van der Waals surface area contributed by atoms with Gasteiger partial charge in [0.1, 0.15) is 0 Å². The zero-order valence-corrected chi connectivity index (χ0v) is 11.7. The molecular weight excluding hydrogens is 226 g/mol. The van der Waals surface area contributed by atoms with Crippen LogP contribution in [0, 0.1) is 0 Å². The van der Waals surface area contributed by atoms with E-state index in [1.165, 1.54) is 0 Å². The third kappa shape index (κ3) is 3.49. The quantitative estimate of drug-likeness (QED) is 0.643. The summed E-state index contributed by atoms with van der Waals surface area (Å²) >= 11 is 0. The van der Waals surface area contributed by atoms with Crippen molar-refractivity contribution in [1.82, 2.24) is 0 Å². The Morgan fingerprint density at radius 3 is 2.39 bits per heavy atom. The van der Waals surface area contributed by atoms with Gasteiger partial charge in [0.25, 0.3) is 0 Å². The van der Waals surface area contributed by atoms with E-state index in [1.54, 1.807) is 12.1 Å². The standard InChI is InChI=1S/C15H23NO2/c1-5-6-11(2)18-14(17)15(3,4)12-7-9-13(16)10-8-12/h7-11H,5-6,16H2,1-4H3. The predicted molar refractivity (Wildman–Crippen MR) is 74.3 cm³/mol. The first-order chi connectivity index (χ1) is 8.37. The van der Waals surface area contributed by atoms with Gasteiger partial charge in [0, 0.05) is 5.69 Å². The number of nitrogen functional groups attached to an aromatic ring is 1. The first-order valence-corrected chi connectivity index (χ1v) is 6.45. The van der Waals surface area contributed by atoms with Gasteiger partial charge in [0.05, 0.1) is 11.5 Å². The third-order valence-electron chi connectivity index (χ3n) is 3.15. The van der Waals surface area contributed by atoms with E-state index in [0.29, 0.717) is 5.69 Å². The summed E-state index contributed by atoms with van der Waals surface area (Å²) in [5.74, 6) is -0.187. The molecule has 0 heterocycles. The summed E-state index contributed by atoms with van der Waals surface area (Å²) in [4.78, 5) is 12.2. The summed E-state index contributed by atoms with van der Waals surface area (Å²) in [6, 6.07) is 7.36. The lowest BCUT2D eigenvalue weighted by atomic mass is 9.84. The van der Waals surface area contributed by atoms with Crippen molar-refractivity contribution in [3.63, 3.8) is 0 Å². The molecule has 1 aromatic rings. The van der Waals surface area contributed by atoms with E-state index in [0.717, 1.165) is 18.4 Å². The Hall–Kier alpha value is -1.51. The van der Waals surface area contributed by atoms with Crippen LogP contribution in [-0.4, -0.2) is 12.1 Å². The summed E-state index contributed by atoms with van der Waals surface area (Å²) in [5, 5.41) is 0. The Morgan fingerprint density at radius 1 is 1.33 bits per heavy atom. The largest absolute Gasteiger partial charge is 0.462 e. The highest BCUT2D eigenvalue weighted by Crippen LogP contribution is 2.26. The molecule has 0 spiro atoms. The minimum atomic E-state index is -0.643. The molecule has 0 aliphatic rings. The molecule has 0 saturated heterocycles. The topological polar surface area (TPSA) is 52.3 Å². The first kappa shape index (κ1) is 14.6. The molecule has 3 nitrogen and oxygen atoms in total. The van der Waals surface area contributed by atoms with Gasteiger partial charge in [0.2, 0.25) is 0 Å². The Kier molecular flexibility index (Phi) is 4.76. The molecule has 0 radical (unpaired) electrons. The number of benzene rings is 1. The SMILES string of the molecule is CCCC(C)OC(=O)C(C)(C)c1ccc(N)cc1. The molecule has 0 saturated carbocycles. The molecule has 1 atom stereocenters. The molecule has 3 heteroatoms. The van der Waals surface area contributed by atoms with Crippen LogP contribution in [0.25, 0.3) is 0 Å². The zero-order chi connectivity index (χ0) is 13.8. The van der Waals surface area contributed by atoms with Gasteiger partial charge in [-0.3, -0.25) is 4.79 Å². The summed E-state index contributed by atoms with van der Waals surface area (Å²) in [6.45, 7) is 7.76. The van der Waals surface area contributed by atoms with Crippen LogP contribution >= 0.6 is 0 Å². The van der Waals surface area contributed by atoms with Crippen molar-refractivity contribution in [3.05, 3.63) is 29.8 Å². The average Bonchev–Trinajstić information content (AvgIpc) is 2.29. The predicted octanol–water partition coefficient (Wildman–Crippen LogP) is 3.28. The molecule has 100 valence electrons. The van der Waals surface area contributed by atoms with Crippen molar-refractivity contribution < 1.29 is 9.53 Å². The Balaban J connectivity index is 2.79. The highest BCUT2D eigenvalue weighted by molar-refractivity contribution is 5.82. The minimum Gasteiger partial charge on any atom is -0.462 e. The van der Waals surface area contributed by atoms with Crippen molar-refractivity contribution in [1.29, 1.82) is 0 Å². The van der Waals surface area contributed by atoms with Crippen molar-refractivity contribution in [2.45, 2.75) is 52.1 Å².